The molecule has 0 saturated heterocycles. The summed E-state index contributed by atoms with van der Waals surface area (Å²) in [6.45, 7) is 5.25. The molecule has 2 atom stereocenters. The van der Waals surface area contributed by atoms with E-state index in [4.69, 9.17) is 10.5 Å². The van der Waals surface area contributed by atoms with E-state index in [1.807, 2.05) is 0 Å². The van der Waals surface area contributed by atoms with Gasteiger partial charge >= 0.3 is 0 Å². The van der Waals surface area contributed by atoms with Crippen molar-refractivity contribution in [3.05, 3.63) is 0 Å². The van der Waals surface area contributed by atoms with Crippen molar-refractivity contribution in [2.45, 2.75) is 52.0 Å². The second-order valence-electron chi connectivity index (χ2n) is 5.48. The predicted molar refractivity (Wildman–Crippen MR) is 63.4 cm³/mol. The fraction of sp³-hybridized carbons (Fsp3) is 0.846. The summed E-state index contributed by atoms with van der Waals surface area (Å²) in [6.07, 6.45) is 4.84. The molecular weight excluding hydrogens is 198 g/mol. The highest BCUT2D eigenvalue weighted by Gasteiger charge is 2.28. The van der Waals surface area contributed by atoms with E-state index in [1.54, 1.807) is 0 Å². The normalized spacial score (nSPS) is 25.0. The van der Waals surface area contributed by atoms with Crippen LogP contribution in [0.15, 0.2) is 0 Å². The molecule has 0 aliphatic heterocycles. The molecule has 2 unspecified atom stereocenters. The summed E-state index contributed by atoms with van der Waals surface area (Å²) < 4.78 is 0. The van der Waals surface area contributed by atoms with Gasteiger partial charge in [0.1, 0.15) is 0 Å². The van der Waals surface area contributed by atoms with E-state index < -0.39 is 0 Å². The first-order valence-electron chi connectivity index (χ1n) is 6.09. The molecule has 3 heteroatoms. The minimum Gasteiger partial charge on any atom is -0.312 e. The number of rotatable bonds is 5. The molecule has 0 heterocycles. The molecule has 1 aliphatic carbocycles. The van der Waals surface area contributed by atoms with Gasteiger partial charge in [-0.1, -0.05) is 20.3 Å². The van der Waals surface area contributed by atoms with Crippen LogP contribution in [-0.4, -0.2) is 12.6 Å². The molecule has 88 valence electrons. The molecule has 1 rings (SSSR count). The summed E-state index contributed by atoms with van der Waals surface area (Å²) in [4.78, 5) is 0. The Hall–Kier alpha value is -1.06. The first-order valence-corrected chi connectivity index (χ1v) is 6.09. The Balaban J connectivity index is 2.33. The summed E-state index contributed by atoms with van der Waals surface area (Å²) in [5.41, 5.74) is 0.151. The van der Waals surface area contributed by atoms with Crippen LogP contribution in [0.5, 0.6) is 0 Å². The Bertz CT molecular complexity index is 295. The van der Waals surface area contributed by atoms with Gasteiger partial charge in [-0.3, -0.25) is 0 Å². The molecule has 1 aliphatic rings. The summed E-state index contributed by atoms with van der Waals surface area (Å²) in [6, 6.07) is 4.94. The highest BCUT2D eigenvalue weighted by Crippen LogP contribution is 2.27. The molecule has 0 spiro atoms. The van der Waals surface area contributed by atoms with E-state index in [2.05, 4.69) is 31.3 Å². The fourth-order valence-corrected chi connectivity index (χ4v) is 2.25. The van der Waals surface area contributed by atoms with Crippen molar-refractivity contribution in [3.8, 4) is 12.1 Å². The second kappa shape index (κ2) is 5.87. The van der Waals surface area contributed by atoms with Crippen LogP contribution in [0.25, 0.3) is 0 Å². The zero-order valence-corrected chi connectivity index (χ0v) is 10.3. The molecular formula is C13H21N3. The number of hydrogen-bond donors (Lipinski definition) is 1. The van der Waals surface area contributed by atoms with Crippen LogP contribution in [0.2, 0.25) is 0 Å². The van der Waals surface area contributed by atoms with Crippen molar-refractivity contribution in [2.75, 3.05) is 6.54 Å². The van der Waals surface area contributed by atoms with Crippen molar-refractivity contribution >= 4 is 0 Å². The van der Waals surface area contributed by atoms with Gasteiger partial charge in [0.15, 0.2) is 0 Å². The lowest BCUT2D eigenvalue weighted by molar-refractivity contribution is 0.291. The van der Waals surface area contributed by atoms with Gasteiger partial charge in [-0.25, -0.2) is 0 Å². The summed E-state index contributed by atoms with van der Waals surface area (Å²) in [5, 5.41) is 21.1. The Morgan fingerprint density at radius 2 is 2.06 bits per heavy atom. The van der Waals surface area contributed by atoms with Gasteiger partial charge in [0.2, 0.25) is 0 Å². The van der Waals surface area contributed by atoms with Crippen molar-refractivity contribution < 1.29 is 0 Å². The van der Waals surface area contributed by atoms with Crippen LogP contribution < -0.4 is 5.32 Å². The van der Waals surface area contributed by atoms with E-state index in [1.165, 1.54) is 0 Å². The molecule has 1 saturated carbocycles. The summed E-state index contributed by atoms with van der Waals surface area (Å²) in [7, 11) is 0. The molecule has 0 aromatic heterocycles. The quantitative estimate of drug-likeness (QED) is 0.773. The topological polar surface area (TPSA) is 59.6 Å². The van der Waals surface area contributed by atoms with E-state index in [0.717, 1.165) is 32.2 Å². The maximum Gasteiger partial charge on any atom is 0.0672 e. The highest BCUT2D eigenvalue weighted by atomic mass is 14.9. The van der Waals surface area contributed by atoms with Gasteiger partial charge in [-0.05, 0) is 24.7 Å². The first kappa shape index (κ1) is 13.0. The molecule has 0 aromatic carbocycles. The third-order valence-electron chi connectivity index (χ3n) is 3.44. The van der Waals surface area contributed by atoms with Crippen LogP contribution in [0.3, 0.4) is 0 Å². The third-order valence-corrected chi connectivity index (χ3v) is 3.44. The van der Waals surface area contributed by atoms with Crippen molar-refractivity contribution in [1.29, 1.82) is 10.5 Å². The van der Waals surface area contributed by atoms with Gasteiger partial charge in [-0.15, -0.1) is 0 Å². The van der Waals surface area contributed by atoms with Gasteiger partial charge in [0, 0.05) is 19.0 Å². The maximum absolute atomic E-state index is 8.97. The molecule has 0 bridgehead atoms. The molecule has 1 N–H and O–H groups in total. The Morgan fingerprint density at radius 1 is 1.31 bits per heavy atom. The highest BCUT2D eigenvalue weighted by molar-refractivity contribution is 4.97. The Kier molecular flexibility index (Phi) is 4.77. The number of nitrogens with one attached hydrogen (secondary N) is 1. The average molecular weight is 219 g/mol. The smallest absolute Gasteiger partial charge is 0.0672 e. The monoisotopic (exact) mass is 219 g/mol. The van der Waals surface area contributed by atoms with Crippen molar-refractivity contribution in [1.82, 2.24) is 5.32 Å². The van der Waals surface area contributed by atoms with Gasteiger partial charge in [-0.2, -0.15) is 10.5 Å². The average Bonchev–Trinajstić information content (AvgIpc) is 2.71. The molecule has 16 heavy (non-hydrogen) atoms. The van der Waals surface area contributed by atoms with Crippen LogP contribution in [0, 0.1) is 34.0 Å². The lowest BCUT2D eigenvalue weighted by atomic mass is 9.87. The molecule has 0 amide bonds. The lowest BCUT2D eigenvalue weighted by Gasteiger charge is -2.27. The zero-order chi connectivity index (χ0) is 12.0. The van der Waals surface area contributed by atoms with Gasteiger partial charge < -0.3 is 5.32 Å². The number of nitrogens with zero attached hydrogens (tertiary/aromatic N) is 2. The Morgan fingerprint density at radius 3 is 2.69 bits per heavy atom. The van der Waals surface area contributed by atoms with E-state index in [0.29, 0.717) is 12.5 Å². The Labute approximate surface area is 98.4 Å². The van der Waals surface area contributed by atoms with Crippen LogP contribution >= 0.6 is 0 Å². The lowest BCUT2D eigenvalue weighted by Crippen LogP contribution is -2.38. The van der Waals surface area contributed by atoms with Crippen LogP contribution in [0.1, 0.15) is 46.0 Å². The standard InChI is InChI=1S/C13H21N3/c1-13(2,7-4-8-14)10-16-12-6-3-5-11(12)9-15/h11-12,16H,3-7,10H2,1-2H3. The van der Waals surface area contributed by atoms with E-state index >= 15 is 0 Å². The second-order valence-corrected chi connectivity index (χ2v) is 5.48. The molecule has 3 nitrogen and oxygen atoms in total. The molecule has 0 aromatic rings. The first-order chi connectivity index (χ1) is 7.59. The van der Waals surface area contributed by atoms with Gasteiger partial charge in [0.05, 0.1) is 18.1 Å². The minimum atomic E-state index is 0.151. The molecule has 1 fully saturated rings. The van der Waals surface area contributed by atoms with E-state index in [9.17, 15) is 0 Å². The van der Waals surface area contributed by atoms with Gasteiger partial charge in [0.25, 0.3) is 0 Å². The van der Waals surface area contributed by atoms with E-state index in [-0.39, 0.29) is 11.3 Å². The fourth-order valence-electron chi connectivity index (χ4n) is 2.25. The minimum absolute atomic E-state index is 0.151. The van der Waals surface area contributed by atoms with Crippen LogP contribution in [-0.2, 0) is 0 Å². The number of nitriles is 2. The van der Waals surface area contributed by atoms with Crippen LogP contribution in [0.4, 0.5) is 0 Å². The number of hydrogen-bond acceptors (Lipinski definition) is 3. The summed E-state index contributed by atoms with van der Waals surface area (Å²) in [5.74, 6) is 0.187. The summed E-state index contributed by atoms with van der Waals surface area (Å²) >= 11 is 0. The zero-order valence-electron chi connectivity index (χ0n) is 10.3. The van der Waals surface area contributed by atoms with Crippen molar-refractivity contribution in [2.24, 2.45) is 11.3 Å². The van der Waals surface area contributed by atoms with Crippen molar-refractivity contribution in [3.63, 3.8) is 0 Å². The predicted octanol–water partition coefficient (Wildman–Crippen LogP) is 2.60. The third kappa shape index (κ3) is 3.83. The SMILES string of the molecule is CC(C)(CCC#N)CNC1CCCC1C#N. The molecule has 0 radical (unpaired) electrons. The largest absolute Gasteiger partial charge is 0.312 e. The maximum atomic E-state index is 8.97.